The Morgan fingerprint density at radius 3 is 2.47 bits per heavy atom. The number of fused-ring (bicyclic) bond motifs is 2. The van der Waals surface area contributed by atoms with Crippen molar-refractivity contribution < 1.29 is 19.1 Å². The molecule has 5 rings (SSSR count). The number of rotatable bonds is 6. The molecule has 1 unspecified atom stereocenters. The fraction of sp³-hybridized carbons (Fsp3) is 0.310. The number of para-hydroxylation sites is 1. The van der Waals surface area contributed by atoms with Crippen molar-refractivity contribution in [3.63, 3.8) is 0 Å². The van der Waals surface area contributed by atoms with Crippen molar-refractivity contribution in [2.24, 2.45) is 4.99 Å². The molecule has 9 heteroatoms. The number of anilines is 1. The summed E-state index contributed by atoms with van der Waals surface area (Å²) in [6.45, 7) is 7.86. The Kier molecular flexibility index (Phi) is 6.79. The molecule has 3 aromatic rings. The number of thiazole rings is 1. The highest BCUT2D eigenvalue weighted by atomic mass is 32.1. The van der Waals surface area contributed by atoms with Gasteiger partial charge in [-0.15, -0.1) is 0 Å². The van der Waals surface area contributed by atoms with Crippen LogP contribution < -0.4 is 24.5 Å². The lowest BCUT2D eigenvalue weighted by atomic mass is 9.95. The van der Waals surface area contributed by atoms with Crippen molar-refractivity contribution in [2.75, 3.05) is 18.6 Å². The van der Waals surface area contributed by atoms with Crippen molar-refractivity contribution in [3.8, 4) is 5.75 Å². The normalized spacial score (nSPS) is 17.9. The van der Waals surface area contributed by atoms with Gasteiger partial charge in [0.2, 0.25) is 0 Å². The third-order valence-corrected chi connectivity index (χ3v) is 7.64. The Hall–Kier alpha value is -3.98. The maximum Gasteiger partial charge on any atom is 0.338 e. The molecule has 0 saturated heterocycles. The minimum absolute atomic E-state index is 0.200. The molecule has 0 saturated carbocycles. The van der Waals surface area contributed by atoms with Crippen LogP contribution in [0.4, 0.5) is 5.69 Å². The number of esters is 1. The van der Waals surface area contributed by atoms with Gasteiger partial charge in [0.15, 0.2) is 4.80 Å². The van der Waals surface area contributed by atoms with E-state index >= 15 is 0 Å². The number of carbonyl (C=O) groups excluding carboxylic acids is 2. The van der Waals surface area contributed by atoms with Gasteiger partial charge in [0, 0.05) is 12.1 Å². The lowest BCUT2D eigenvalue weighted by Crippen LogP contribution is -2.41. The van der Waals surface area contributed by atoms with Crippen LogP contribution in [0.15, 0.2) is 69.6 Å². The summed E-state index contributed by atoms with van der Waals surface area (Å²) in [5, 5.41) is 0. The van der Waals surface area contributed by atoms with Crippen LogP contribution in [0.5, 0.6) is 5.75 Å². The average molecular weight is 532 g/mol. The molecule has 38 heavy (non-hydrogen) atoms. The van der Waals surface area contributed by atoms with Crippen molar-refractivity contribution in [2.45, 2.75) is 46.3 Å². The lowest BCUT2D eigenvalue weighted by Gasteiger charge is -2.25. The molecule has 1 amide bonds. The zero-order valence-corrected chi connectivity index (χ0v) is 22.8. The number of benzene rings is 2. The van der Waals surface area contributed by atoms with E-state index in [0.29, 0.717) is 44.0 Å². The van der Waals surface area contributed by atoms with Crippen molar-refractivity contribution in [3.05, 3.63) is 90.6 Å². The van der Waals surface area contributed by atoms with E-state index in [4.69, 9.17) is 9.47 Å². The zero-order chi connectivity index (χ0) is 27.1. The molecule has 2 aliphatic heterocycles. The van der Waals surface area contributed by atoms with Gasteiger partial charge in [0.25, 0.3) is 11.5 Å². The molecule has 0 radical (unpaired) electrons. The highest BCUT2D eigenvalue weighted by Gasteiger charge is 2.37. The smallest absolute Gasteiger partial charge is 0.338 e. The first kappa shape index (κ1) is 25.7. The van der Waals surface area contributed by atoms with Crippen LogP contribution >= 0.6 is 11.3 Å². The molecule has 0 spiro atoms. The van der Waals surface area contributed by atoms with Crippen LogP contribution in [-0.4, -0.2) is 36.2 Å². The summed E-state index contributed by atoms with van der Waals surface area (Å²) in [7, 11) is 1.58. The SMILES string of the molecule is CCCN1C(=O)/C(=c2\sc3n(c2=O)C(c2ccc(OC)cc2)C(C(=O)OC(C)C)=C(C)N=3)c2ccccc21. The van der Waals surface area contributed by atoms with E-state index in [0.717, 1.165) is 17.7 Å². The number of allylic oxidation sites excluding steroid dienone is 1. The van der Waals surface area contributed by atoms with Gasteiger partial charge in [0.1, 0.15) is 10.3 Å². The molecule has 0 N–H and O–H groups in total. The molecule has 1 aromatic heterocycles. The van der Waals surface area contributed by atoms with Crippen LogP contribution in [0.25, 0.3) is 5.57 Å². The minimum Gasteiger partial charge on any atom is -0.497 e. The number of aromatic nitrogens is 1. The van der Waals surface area contributed by atoms with Gasteiger partial charge in [-0.2, -0.15) is 0 Å². The standard InChI is InChI=1S/C29H29N3O5S/c1-6-15-31-21-10-8-7-9-20(21)23(26(31)33)25-27(34)32-24(18-11-13-19(36-5)14-12-18)22(28(35)37-16(2)3)17(4)30-29(32)38-25/h7-14,16,24H,6,15H2,1-5H3/b25-23-. The second kappa shape index (κ2) is 10.1. The highest BCUT2D eigenvalue weighted by molar-refractivity contribution is 7.07. The van der Waals surface area contributed by atoms with Crippen LogP contribution in [0.3, 0.4) is 0 Å². The Bertz CT molecular complexity index is 1650. The Balaban J connectivity index is 1.79. The van der Waals surface area contributed by atoms with E-state index in [1.807, 2.05) is 43.3 Å². The van der Waals surface area contributed by atoms with Gasteiger partial charge in [-0.25, -0.2) is 9.79 Å². The summed E-state index contributed by atoms with van der Waals surface area (Å²) < 4.78 is 12.7. The third kappa shape index (κ3) is 4.16. The summed E-state index contributed by atoms with van der Waals surface area (Å²) in [5.74, 6) is -0.0783. The van der Waals surface area contributed by atoms with Gasteiger partial charge in [-0.1, -0.05) is 48.6 Å². The van der Waals surface area contributed by atoms with E-state index in [1.54, 1.807) is 44.9 Å². The fourth-order valence-corrected chi connectivity index (χ4v) is 6.09. The largest absolute Gasteiger partial charge is 0.497 e. The first-order chi connectivity index (χ1) is 18.3. The summed E-state index contributed by atoms with van der Waals surface area (Å²) in [6.07, 6.45) is 0.440. The van der Waals surface area contributed by atoms with Crippen LogP contribution in [-0.2, 0) is 14.3 Å². The zero-order valence-electron chi connectivity index (χ0n) is 22.0. The first-order valence-corrected chi connectivity index (χ1v) is 13.4. The van der Waals surface area contributed by atoms with Crippen LogP contribution in [0.1, 0.15) is 51.3 Å². The number of hydrogen-bond acceptors (Lipinski definition) is 7. The molecule has 2 aliphatic rings. The second-order valence-electron chi connectivity index (χ2n) is 9.48. The molecular weight excluding hydrogens is 502 g/mol. The summed E-state index contributed by atoms with van der Waals surface area (Å²) >= 11 is 1.17. The molecule has 0 bridgehead atoms. The topological polar surface area (TPSA) is 90.2 Å². The van der Waals surface area contributed by atoms with E-state index < -0.39 is 12.0 Å². The predicted molar refractivity (Wildman–Crippen MR) is 146 cm³/mol. The highest BCUT2D eigenvalue weighted by Crippen LogP contribution is 2.36. The maximum atomic E-state index is 14.1. The van der Waals surface area contributed by atoms with Gasteiger partial charge >= 0.3 is 5.97 Å². The molecule has 0 fully saturated rings. The summed E-state index contributed by atoms with van der Waals surface area (Å²) in [4.78, 5) is 47.9. The van der Waals surface area contributed by atoms with Crippen molar-refractivity contribution in [1.82, 2.24) is 4.57 Å². The van der Waals surface area contributed by atoms with Crippen LogP contribution in [0, 0.1) is 0 Å². The van der Waals surface area contributed by atoms with E-state index in [9.17, 15) is 14.4 Å². The second-order valence-corrected chi connectivity index (χ2v) is 10.5. The fourth-order valence-electron chi connectivity index (χ4n) is 4.96. The van der Waals surface area contributed by atoms with Gasteiger partial charge in [-0.3, -0.25) is 14.2 Å². The molecular formula is C29H29N3O5S. The van der Waals surface area contributed by atoms with Gasteiger partial charge < -0.3 is 14.4 Å². The number of amides is 1. The number of carbonyl (C=O) groups is 2. The van der Waals surface area contributed by atoms with E-state index in [-0.39, 0.29) is 17.6 Å². The van der Waals surface area contributed by atoms with Crippen LogP contribution in [0.2, 0.25) is 0 Å². The minimum atomic E-state index is -0.767. The summed E-state index contributed by atoms with van der Waals surface area (Å²) in [6, 6.07) is 14.0. The van der Waals surface area contributed by atoms with Gasteiger partial charge in [0.05, 0.1) is 41.8 Å². The molecule has 8 nitrogen and oxygen atoms in total. The number of ether oxygens (including phenoxy) is 2. The molecule has 196 valence electrons. The number of nitrogens with zero attached hydrogens (tertiary/aromatic N) is 3. The van der Waals surface area contributed by atoms with Gasteiger partial charge in [-0.05, 0) is 51.0 Å². The molecule has 2 aromatic carbocycles. The Morgan fingerprint density at radius 2 is 1.82 bits per heavy atom. The number of hydrogen-bond donors (Lipinski definition) is 0. The lowest BCUT2D eigenvalue weighted by molar-refractivity contribution is -0.143. The number of methoxy groups -OCH3 is 1. The third-order valence-electron chi connectivity index (χ3n) is 6.59. The Labute approximate surface area is 224 Å². The summed E-state index contributed by atoms with van der Waals surface area (Å²) in [5.41, 5.74) is 3.00. The predicted octanol–water partition coefficient (Wildman–Crippen LogP) is 3.32. The molecule has 1 atom stereocenters. The van der Waals surface area contributed by atoms with E-state index in [1.165, 1.54) is 15.9 Å². The molecule has 3 heterocycles. The maximum absolute atomic E-state index is 14.1. The molecule has 0 aliphatic carbocycles. The monoisotopic (exact) mass is 531 g/mol. The quantitative estimate of drug-likeness (QED) is 0.455. The first-order valence-electron chi connectivity index (χ1n) is 12.6. The Morgan fingerprint density at radius 1 is 1.11 bits per heavy atom. The van der Waals surface area contributed by atoms with E-state index in [2.05, 4.69) is 4.99 Å². The average Bonchev–Trinajstić information content (AvgIpc) is 3.35. The van der Waals surface area contributed by atoms with Crippen molar-refractivity contribution in [1.29, 1.82) is 0 Å². The van der Waals surface area contributed by atoms with Crippen molar-refractivity contribution >= 4 is 34.5 Å².